The number of nitrogens with one attached hydrogen (secondary N) is 1. The van der Waals surface area contributed by atoms with Crippen LogP contribution in [-0.2, 0) is 4.74 Å². The van der Waals surface area contributed by atoms with Gasteiger partial charge in [0.2, 0.25) is 0 Å². The molecule has 1 aromatic carbocycles. The Morgan fingerprint density at radius 2 is 1.89 bits per heavy atom. The molecule has 28 heavy (non-hydrogen) atoms. The van der Waals surface area contributed by atoms with Crippen molar-refractivity contribution in [1.29, 1.82) is 0 Å². The van der Waals surface area contributed by atoms with E-state index in [2.05, 4.69) is 44.5 Å². The number of hydrogen-bond acceptors (Lipinski definition) is 7. The first-order valence-corrected chi connectivity index (χ1v) is 10.4. The Balaban J connectivity index is 1.61. The maximum absolute atomic E-state index is 12.4. The van der Waals surface area contributed by atoms with Crippen molar-refractivity contribution in [2.45, 2.75) is 39.7 Å². The van der Waals surface area contributed by atoms with E-state index >= 15 is 0 Å². The van der Waals surface area contributed by atoms with E-state index in [0.717, 1.165) is 34.6 Å². The molecule has 0 atom stereocenters. The van der Waals surface area contributed by atoms with Gasteiger partial charge in [-0.05, 0) is 63.4 Å². The van der Waals surface area contributed by atoms with E-state index in [1.807, 2.05) is 20.8 Å². The second kappa shape index (κ2) is 7.75. The lowest BCUT2D eigenvalue weighted by atomic mass is 10.2. The number of carbonyl (C=O) groups excluding carboxylic acids is 1. The molecule has 6 nitrogen and oxygen atoms in total. The fourth-order valence-electron chi connectivity index (χ4n) is 3.50. The Morgan fingerprint density at radius 3 is 2.57 bits per heavy atom. The zero-order valence-electron chi connectivity index (χ0n) is 16.4. The monoisotopic (exact) mass is 396 g/mol. The largest absolute Gasteiger partial charge is 0.459 e. The number of anilines is 3. The number of hydrogen-bond donors (Lipinski definition) is 1. The fraction of sp³-hybridized carbons (Fsp3) is 0.381. The molecule has 4 rings (SSSR count). The van der Waals surface area contributed by atoms with Gasteiger partial charge < -0.3 is 15.0 Å². The number of nitrogens with zero attached hydrogens (tertiary/aromatic N) is 3. The highest BCUT2D eigenvalue weighted by atomic mass is 32.1. The summed E-state index contributed by atoms with van der Waals surface area (Å²) < 4.78 is 5.36. The van der Waals surface area contributed by atoms with Crippen molar-refractivity contribution in [1.82, 2.24) is 9.97 Å². The van der Waals surface area contributed by atoms with Crippen molar-refractivity contribution in [3.05, 3.63) is 41.0 Å². The summed E-state index contributed by atoms with van der Waals surface area (Å²) in [5, 5.41) is 4.25. The Kier molecular flexibility index (Phi) is 5.17. The number of carbonyl (C=O) groups is 1. The minimum atomic E-state index is -0.309. The summed E-state index contributed by atoms with van der Waals surface area (Å²) in [5.74, 6) is 0.396. The summed E-state index contributed by atoms with van der Waals surface area (Å²) in [4.78, 5) is 24.9. The first-order valence-electron chi connectivity index (χ1n) is 9.60. The summed E-state index contributed by atoms with van der Waals surface area (Å²) in [7, 11) is 0. The molecule has 1 aliphatic heterocycles. The highest BCUT2D eigenvalue weighted by Gasteiger charge is 2.21. The Bertz CT molecular complexity index is 992. The van der Waals surface area contributed by atoms with E-state index in [4.69, 9.17) is 4.74 Å². The topological polar surface area (TPSA) is 67.3 Å². The van der Waals surface area contributed by atoms with Gasteiger partial charge >= 0.3 is 5.97 Å². The third-order valence-electron chi connectivity index (χ3n) is 4.86. The van der Waals surface area contributed by atoms with Gasteiger partial charge in [0.05, 0.1) is 11.5 Å². The Hall–Kier alpha value is -2.67. The quantitative estimate of drug-likeness (QED) is 0.618. The molecule has 0 radical (unpaired) electrons. The minimum absolute atomic E-state index is 0.157. The van der Waals surface area contributed by atoms with Gasteiger partial charge in [0, 0.05) is 24.5 Å². The van der Waals surface area contributed by atoms with E-state index in [1.54, 1.807) is 0 Å². The number of ether oxygens (including phenoxy) is 1. The molecule has 1 aliphatic rings. The van der Waals surface area contributed by atoms with Crippen molar-refractivity contribution in [3.63, 3.8) is 0 Å². The number of thiophene rings is 1. The molecule has 3 aromatic rings. The van der Waals surface area contributed by atoms with Gasteiger partial charge in [0.25, 0.3) is 0 Å². The number of benzene rings is 1. The molecule has 1 N–H and O–H groups in total. The lowest BCUT2D eigenvalue weighted by Crippen LogP contribution is -2.17. The van der Waals surface area contributed by atoms with Crippen LogP contribution in [0.1, 0.15) is 41.9 Å². The summed E-state index contributed by atoms with van der Waals surface area (Å²) in [6, 6.07) is 8.41. The van der Waals surface area contributed by atoms with Gasteiger partial charge in [-0.25, -0.2) is 14.8 Å². The van der Waals surface area contributed by atoms with Crippen LogP contribution in [0, 0.1) is 6.92 Å². The molecule has 1 saturated heterocycles. The summed E-state index contributed by atoms with van der Waals surface area (Å²) in [6.45, 7) is 7.87. The van der Waals surface area contributed by atoms with Gasteiger partial charge in [-0.1, -0.05) is 0 Å². The van der Waals surface area contributed by atoms with Gasteiger partial charge in [-0.3, -0.25) is 0 Å². The number of aryl methyl sites for hydroxylation is 1. The van der Waals surface area contributed by atoms with Crippen LogP contribution in [0.15, 0.2) is 30.6 Å². The molecular weight excluding hydrogens is 372 g/mol. The second-order valence-corrected chi connectivity index (χ2v) is 8.28. The van der Waals surface area contributed by atoms with E-state index in [-0.39, 0.29) is 12.1 Å². The van der Waals surface area contributed by atoms with Crippen LogP contribution < -0.4 is 10.2 Å². The SMILES string of the molecule is Cc1c(C(=O)OC(C)C)sc2ncnc(Nc3ccc(N4CCCC4)cc3)c12. The van der Waals surface area contributed by atoms with Crippen molar-refractivity contribution in [2.75, 3.05) is 23.3 Å². The van der Waals surface area contributed by atoms with Crippen molar-refractivity contribution in [2.24, 2.45) is 0 Å². The minimum Gasteiger partial charge on any atom is -0.459 e. The second-order valence-electron chi connectivity index (χ2n) is 7.28. The average molecular weight is 397 g/mol. The average Bonchev–Trinajstić information content (AvgIpc) is 3.31. The number of fused-ring (bicyclic) bond motifs is 1. The lowest BCUT2D eigenvalue weighted by molar-refractivity contribution is 0.0383. The van der Waals surface area contributed by atoms with Crippen molar-refractivity contribution >= 4 is 44.7 Å². The molecule has 0 unspecified atom stereocenters. The molecule has 1 fully saturated rings. The van der Waals surface area contributed by atoms with E-state index in [1.165, 1.54) is 36.2 Å². The summed E-state index contributed by atoms with van der Waals surface area (Å²) >= 11 is 1.35. The van der Waals surface area contributed by atoms with Crippen LogP contribution in [0.25, 0.3) is 10.2 Å². The van der Waals surface area contributed by atoms with Gasteiger partial charge in [0.15, 0.2) is 0 Å². The molecule has 0 amide bonds. The highest BCUT2D eigenvalue weighted by Crippen LogP contribution is 2.35. The third-order valence-corrected chi connectivity index (χ3v) is 6.04. The smallest absolute Gasteiger partial charge is 0.348 e. The molecule has 146 valence electrons. The van der Waals surface area contributed by atoms with E-state index < -0.39 is 0 Å². The number of aromatic nitrogens is 2. The molecule has 7 heteroatoms. The zero-order chi connectivity index (χ0) is 19.7. The Morgan fingerprint density at radius 1 is 1.18 bits per heavy atom. The van der Waals surface area contributed by atoms with Crippen LogP contribution in [0.5, 0.6) is 0 Å². The van der Waals surface area contributed by atoms with E-state index in [0.29, 0.717) is 10.7 Å². The van der Waals surface area contributed by atoms with Gasteiger partial charge in [-0.15, -0.1) is 11.3 Å². The molecule has 0 aliphatic carbocycles. The zero-order valence-corrected chi connectivity index (χ0v) is 17.2. The van der Waals surface area contributed by atoms with Gasteiger partial charge in [0.1, 0.15) is 21.9 Å². The molecule has 0 bridgehead atoms. The number of esters is 1. The predicted octanol–water partition coefficient (Wildman–Crippen LogP) is 4.91. The van der Waals surface area contributed by atoms with Crippen LogP contribution in [0.2, 0.25) is 0 Å². The van der Waals surface area contributed by atoms with E-state index in [9.17, 15) is 4.79 Å². The fourth-order valence-corrected chi connectivity index (χ4v) is 4.53. The lowest BCUT2D eigenvalue weighted by Gasteiger charge is -2.18. The van der Waals surface area contributed by atoms with Crippen LogP contribution in [-0.4, -0.2) is 35.1 Å². The molecular formula is C21H24N4O2S. The van der Waals surface area contributed by atoms with Crippen LogP contribution >= 0.6 is 11.3 Å². The van der Waals surface area contributed by atoms with Crippen molar-refractivity contribution < 1.29 is 9.53 Å². The van der Waals surface area contributed by atoms with Gasteiger partial charge in [-0.2, -0.15) is 0 Å². The first-order chi connectivity index (χ1) is 13.5. The molecule has 0 spiro atoms. The Labute approximate surface area is 168 Å². The van der Waals surface area contributed by atoms with Crippen molar-refractivity contribution in [3.8, 4) is 0 Å². The molecule has 3 heterocycles. The van der Waals surface area contributed by atoms with Crippen LogP contribution in [0.3, 0.4) is 0 Å². The maximum Gasteiger partial charge on any atom is 0.348 e. The summed E-state index contributed by atoms with van der Waals surface area (Å²) in [5.41, 5.74) is 3.06. The summed E-state index contributed by atoms with van der Waals surface area (Å²) in [6.07, 6.45) is 3.89. The highest BCUT2D eigenvalue weighted by molar-refractivity contribution is 7.20. The molecule has 2 aromatic heterocycles. The predicted molar refractivity (Wildman–Crippen MR) is 114 cm³/mol. The van der Waals surface area contributed by atoms with Crippen LogP contribution in [0.4, 0.5) is 17.2 Å². The standard InChI is InChI=1S/C21H24N4O2S/c1-13(2)27-21(26)18-14(3)17-19(22-12-23-20(17)28-18)24-15-6-8-16(9-7-15)25-10-4-5-11-25/h6-9,12-13H,4-5,10-11H2,1-3H3,(H,22,23,24). The first kappa shape index (κ1) is 18.7. The number of rotatable bonds is 5. The maximum atomic E-state index is 12.4. The normalized spacial score (nSPS) is 14.1. The molecule has 0 saturated carbocycles. The third kappa shape index (κ3) is 3.67.